The highest BCUT2D eigenvalue weighted by Gasteiger charge is 2.29. The topological polar surface area (TPSA) is 59.5 Å². The lowest BCUT2D eigenvalue weighted by molar-refractivity contribution is 0.0931. The third-order valence-electron chi connectivity index (χ3n) is 4.01. The molecule has 2 fully saturated rings. The maximum atomic E-state index is 5.65. The molecular formula is C15H24N4O2. The Morgan fingerprint density at radius 2 is 2.29 bits per heavy atom. The van der Waals surface area contributed by atoms with Crippen LogP contribution in [0, 0.1) is 6.92 Å². The van der Waals surface area contributed by atoms with E-state index in [1.54, 1.807) is 6.33 Å². The molecule has 3 rings (SSSR count). The minimum absolute atomic E-state index is 0.322. The molecule has 0 spiro atoms. The van der Waals surface area contributed by atoms with Crippen LogP contribution < -0.4 is 15.0 Å². The zero-order valence-electron chi connectivity index (χ0n) is 12.8. The Kier molecular flexibility index (Phi) is 4.55. The Labute approximate surface area is 125 Å². The van der Waals surface area contributed by atoms with Crippen LogP contribution in [-0.4, -0.2) is 55.0 Å². The maximum absolute atomic E-state index is 5.65. The molecule has 6 nitrogen and oxygen atoms in total. The van der Waals surface area contributed by atoms with Crippen molar-refractivity contribution >= 4 is 5.82 Å². The molecule has 1 N–H and O–H groups in total. The molecule has 0 radical (unpaired) electrons. The van der Waals surface area contributed by atoms with E-state index in [0.29, 0.717) is 24.6 Å². The fourth-order valence-corrected chi connectivity index (χ4v) is 2.69. The van der Waals surface area contributed by atoms with Gasteiger partial charge in [-0.05, 0) is 26.7 Å². The Bertz CT molecular complexity index is 479. The molecule has 6 heteroatoms. The minimum Gasteiger partial charge on any atom is -0.478 e. The Morgan fingerprint density at radius 3 is 3.05 bits per heavy atom. The van der Waals surface area contributed by atoms with Gasteiger partial charge in [0.05, 0.1) is 31.4 Å². The second-order valence-corrected chi connectivity index (χ2v) is 5.67. The van der Waals surface area contributed by atoms with Gasteiger partial charge in [0.15, 0.2) is 0 Å². The summed E-state index contributed by atoms with van der Waals surface area (Å²) in [4.78, 5) is 11.0. The Hall–Kier alpha value is -1.40. The minimum atomic E-state index is 0.322. The van der Waals surface area contributed by atoms with Crippen LogP contribution in [0.5, 0.6) is 5.88 Å². The molecule has 0 aromatic carbocycles. The van der Waals surface area contributed by atoms with Gasteiger partial charge in [-0.3, -0.25) is 0 Å². The van der Waals surface area contributed by atoms with E-state index in [0.717, 1.165) is 37.7 Å². The second-order valence-electron chi connectivity index (χ2n) is 5.67. The lowest BCUT2D eigenvalue weighted by Crippen LogP contribution is -2.51. The Morgan fingerprint density at radius 1 is 1.43 bits per heavy atom. The summed E-state index contributed by atoms with van der Waals surface area (Å²) in [6.07, 6.45) is 4.19. The number of anilines is 1. The number of hydrogen-bond donors (Lipinski definition) is 1. The van der Waals surface area contributed by atoms with Gasteiger partial charge in [-0.25, -0.2) is 9.97 Å². The van der Waals surface area contributed by atoms with Crippen LogP contribution in [-0.2, 0) is 4.74 Å². The number of nitrogens with zero attached hydrogens (tertiary/aromatic N) is 3. The van der Waals surface area contributed by atoms with Crippen LogP contribution in [0.15, 0.2) is 6.33 Å². The molecule has 2 aliphatic rings. The summed E-state index contributed by atoms with van der Waals surface area (Å²) in [5, 5.41) is 3.59. The Balaban J connectivity index is 1.76. The van der Waals surface area contributed by atoms with Gasteiger partial charge in [0.1, 0.15) is 12.1 Å². The quantitative estimate of drug-likeness (QED) is 0.848. The molecule has 1 aliphatic heterocycles. The summed E-state index contributed by atoms with van der Waals surface area (Å²) in [6, 6.07) is 1.03. The summed E-state index contributed by atoms with van der Waals surface area (Å²) in [5.74, 6) is 1.65. The van der Waals surface area contributed by atoms with Crippen LogP contribution >= 0.6 is 0 Å². The van der Waals surface area contributed by atoms with Crippen LogP contribution in [0.2, 0.25) is 0 Å². The lowest BCUT2D eigenvalue weighted by Gasteiger charge is -2.37. The van der Waals surface area contributed by atoms with E-state index >= 15 is 0 Å². The zero-order chi connectivity index (χ0) is 14.7. The van der Waals surface area contributed by atoms with E-state index in [-0.39, 0.29) is 0 Å². The highest BCUT2D eigenvalue weighted by atomic mass is 16.5. The molecule has 116 valence electrons. The van der Waals surface area contributed by atoms with Crippen LogP contribution in [0.25, 0.3) is 0 Å². The first-order valence-corrected chi connectivity index (χ1v) is 7.81. The average molecular weight is 292 g/mol. The average Bonchev–Trinajstić information content (AvgIpc) is 3.32. The first-order valence-electron chi connectivity index (χ1n) is 7.81. The van der Waals surface area contributed by atoms with Crippen molar-refractivity contribution in [3.8, 4) is 5.88 Å². The molecule has 0 amide bonds. The van der Waals surface area contributed by atoms with E-state index < -0.39 is 0 Å². The number of aromatic nitrogens is 2. The first-order chi connectivity index (χ1) is 10.3. The molecular weight excluding hydrogens is 268 g/mol. The number of ether oxygens (including phenoxy) is 2. The van der Waals surface area contributed by atoms with E-state index in [9.17, 15) is 0 Å². The molecule has 1 saturated heterocycles. The second kappa shape index (κ2) is 6.58. The SMILES string of the molecule is CCOc1ncnc(N2CCOCC2CNC2CC2)c1C. The third-order valence-corrected chi connectivity index (χ3v) is 4.01. The van der Waals surface area contributed by atoms with Crippen LogP contribution in [0.3, 0.4) is 0 Å². The van der Waals surface area contributed by atoms with E-state index in [4.69, 9.17) is 9.47 Å². The summed E-state index contributed by atoms with van der Waals surface area (Å²) >= 11 is 0. The van der Waals surface area contributed by atoms with Gasteiger partial charge in [-0.15, -0.1) is 0 Å². The predicted octanol–water partition coefficient (Wildman–Crippen LogP) is 1.14. The number of hydrogen-bond acceptors (Lipinski definition) is 6. The van der Waals surface area contributed by atoms with Crippen molar-refractivity contribution < 1.29 is 9.47 Å². The monoisotopic (exact) mass is 292 g/mol. The van der Waals surface area contributed by atoms with E-state index in [2.05, 4.69) is 20.2 Å². The normalized spacial score (nSPS) is 22.4. The fourth-order valence-electron chi connectivity index (χ4n) is 2.69. The van der Waals surface area contributed by atoms with Crippen molar-refractivity contribution in [2.75, 3.05) is 37.8 Å². The van der Waals surface area contributed by atoms with Crippen molar-refractivity contribution in [1.82, 2.24) is 15.3 Å². The number of morpholine rings is 1. The van der Waals surface area contributed by atoms with Crippen LogP contribution in [0.4, 0.5) is 5.82 Å². The third kappa shape index (κ3) is 3.44. The summed E-state index contributed by atoms with van der Waals surface area (Å²) in [6.45, 7) is 7.91. The van der Waals surface area contributed by atoms with Crippen molar-refractivity contribution in [3.05, 3.63) is 11.9 Å². The van der Waals surface area contributed by atoms with Gasteiger partial charge in [0.25, 0.3) is 0 Å². The highest BCUT2D eigenvalue weighted by molar-refractivity contribution is 5.51. The van der Waals surface area contributed by atoms with Crippen molar-refractivity contribution in [2.24, 2.45) is 0 Å². The predicted molar refractivity (Wildman–Crippen MR) is 80.9 cm³/mol. The first kappa shape index (κ1) is 14.5. The zero-order valence-corrected chi connectivity index (χ0v) is 12.8. The highest BCUT2D eigenvalue weighted by Crippen LogP contribution is 2.27. The largest absolute Gasteiger partial charge is 0.478 e. The number of nitrogens with one attached hydrogen (secondary N) is 1. The molecule has 1 aromatic rings. The van der Waals surface area contributed by atoms with Crippen molar-refractivity contribution in [3.63, 3.8) is 0 Å². The van der Waals surface area contributed by atoms with E-state index in [1.807, 2.05) is 13.8 Å². The maximum Gasteiger partial charge on any atom is 0.221 e. The standard InChI is InChI=1S/C15H24N4O2/c1-3-21-15-11(2)14(17-10-18-15)19-6-7-20-9-13(19)8-16-12-4-5-12/h10,12-13,16H,3-9H2,1-2H3. The van der Waals surface area contributed by atoms with Gasteiger partial charge >= 0.3 is 0 Å². The molecule has 1 atom stereocenters. The molecule has 1 aromatic heterocycles. The number of rotatable bonds is 6. The molecule has 0 bridgehead atoms. The van der Waals surface area contributed by atoms with Gasteiger partial charge in [0.2, 0.25) is 5.88 Å². The summed E-state index contributed by atoms with van der Waals surface area (Å²) in [7, 11) is 0. The fraction of sp³-hybridized carbons (Fsp3) is 0.733. The van der Waals surface area contributed by atoms with Gasteiger partial charge < -0.3 is 19.7 Å². The van der Waals surface area contributed by atoms with Gasteiger partial charge in [0, 0.05) is 19.1 Å². The summed E-state index contributed by atoms with van der Waals surface area (Å²) < 4.78 is 11.2. The van der Waals surface area contributed by atoms with Gasteiger partial charge in [-0.1, -0.05) is 0 Å². The van der Waals surface area contributed by atoms with Gasteiger partial charge in [-0.2, -0.15) is 0 Å². The lowest BCUT2D eigenvalue weighted by atomic mass is 10.2. The van der Waals surface area contributed by atoms with E-state index in [1.165, 1.54) is 12.8 Å². The molecule has 1 saturated carbocycles. The molecule has 21 heavy (non-hydrogen) atoms. The summed E-state index contributed by atoms with van der Waals surface area (Å²) in [5.41, 5.74) is 1.01. The van der Waals surface area contributed by atoms with Crippen molar-refractivity contribution in [2.45, 2.75) is 38.8 Å². The smallest absolute Gasteiger partial charge is 0.221 e. The van der Waals surface area contributed by atoms with Crippen molar-refractivity contribution in [1.29, 1.82) is 0 Å². The molecule has 1 unspecified atom stereocenters. The molecule has 2 heterocycles. The van der Waals surface area contributed by atoms with Crippen LogP contribution in [0.1, 0.15) is 25.3 Å². The molecule has 1 aliphatic carbocycles.